The van der Waals surface area contributed by atoms with E-state index in [9.17, 15) is 13.2 Å². The van der Waals surface area contributed by atoms with E-state index in [1.54, 1.807) is 12.1 Å². The Labute approximate surface area is 174 Å². The number of carbonyl (C=O) groups is 1. The average molecular weight is 430 g/mol. The lowest BCUT2D eigenvalue weighted by molar-refractivity contribution is -0.132. The standard InChI is InChI=1S/C20H31N3O3S.ClH/c1-15(21)18-7-4-12-23(14-18)20(24)10-11-22-27(25,26)19-9-8-16-5-2-3-6-17(16)13-19;/h8-9,13,15,18,22H,2-7,10-12,14,21H2,1H3;1H. The highest BCUT2D eigenvalue weighted by atomic mass is 35.5. The maximum Gasteiger partial charge on any atom is 0.240 e. The molecule has 2 atom stereocenters. The van der Waals surface area contributed by atoms with Crippen LogP contribution in [-0.2, 0) is 27.7 Å². The van der Waals surface area contributed by atoms with Crippen molar-refractivity contribution in [2.24, 2.45) is 11.7 Å². The van der Waals surface area contributed by atoms with Gasteiger partial charge in [0.15, 0.2) is 0 Å². The predicted molar refractivity (Wildman–Crippen MR) is 113 cm³/mol. The van der Waals surface area contributed by atoms with E-state index in [2.05, 4.69) is 4.72 Å². The minimum Gasteiger partial charge on any atom is -0.342 e. The molecule has 1 fully saturated rings. The number of benzene rings is 1. The third kappa shape index (κ3) is 5.69. The molecule has 1 aliphatic carbocycles. The van der Waals surface area contributed by atoms with E-state index in [-0.39, 0.29) is 37.3 Å². The minimum atomic E-state index is -3.59. The molecule has 1 heterocycles. The van der Waals surface area contributed by atoms with E-state index in [1.165, 1.54) is 12.0 Å². The molecule has 1 amide bonds. The van der Waals surface area contributed by atoms with Gasteiger partial charge in [-0.2, -0.15) is 0 Å². The van der Waals surface area contributed by atoms with Gasteiger partial charge in [-0.1, -0.05) is 6.07 Å². The van der Waals surface area contributed by atoms with Crippen molar-refractivity contribution in [3.8, 4) is 0 Å². The van der Waals surface area contributed by atoms with Crippen LogP contribution in [0.4, 0.5) is 0 Å². The van der Waals surface area contributed by atoms with Crippen molar-refractivity contribution < 1.29 is 13.2 Å². The van der Waals surface area contributed by atoms with Crippen molar-refractivity contribution in [2.75, 3.05) is 19.6 Å². The van der Waals surface area contributed by atoms with Crippen LogP contribution in [-0.4, -0.2) is 44.9 Å². The SMILES string of the molecule is CC(N)C1CCCN(C(=O)CCNS(=O)(=O)c2ccc3c(c2)CCCC3)C1.Cl. The Bertz CT molecular complexity index is 783. The van der Waals surface area contributed by atoms with Gasteiger partial charge in [0.2, 0.25) is 15.9 Å². The molecule has 6 nitrogen and oxygen atoms in total. The van der Waals surface area contributed by atoms with E-state index >= 15 is 0 Å². The lowest BCUT2D eigenvalue weighted by atomic mass is 9.92. The number of fused-ring (bicyclic) bond motifs is 1. The quantitative estimate of drug-likeness (QED) is 0.725. The zero-order chi connectivity index (χ0) is 19.4. The van der Waals surface area contributed by atoms with E-state index in [1.807, 2.05) is 17.9 Å². The van der Waals surface area contributed by atoms with E-state index in [0.717, 1.165) is 44.2 Å². The summed E-state index contributed by atoms with van der Waals surface area (Å²) in [5, 5.41) is 0. The number of rotatable bonds is 6. The second-order valence-electron chi connectivity index (χ2n) is 7.89. The Morgan fingerprint density at radius 1 is 1.25 bits per heavy atom. The Kier molecular flexibility index (Phi) is 8.30. The second-order valence-corrected chi connectivity index (χ2v) is 9.65. The number of halogens is 1. The Hall–Kier alpha value is -1.15. The minimum absolute atomic E-state index is 0. The fraction of sp³-hybridized carbons (Fsp3) is 0.650. The molecule has 0 aromatic heterocycles. The molecule has 28 heavy (non-hydrogen) atoms. The van der Waals surface area contributed by atoms with Gasteiger partial charge in [-0.15, -0.1) is 12.4 Å². The van der Waals surface area contributed by atoms with Crippen molar-refractivity contribution in [1.82, 2.24) is 9.62 Å². The first-order valence-corrected chi connectivity index (χ1v) is 11.5. The number of amides is 1. The molecule has 8 heteroatoms. The first kappa shape index (κ1) is 23.1. The molecule has 0 spiro atoms. The summed E-state index contributed by atoms with van der Waals surface area (Å²) in [6.07, 6.45) is 6.42. The van der Waals surface area contributed by atoms with Crippen LogP contribution in [0.1, 0.15) is 50.2 Å². The number of likely N-dealkylation sites (tertiary alicyclic amines) is 1. The smallest absolute Gasteiger partial charge is 0.240 e. The highest BCUT2D eigenvalue weighted by Gasteiger charge is 2.26. The van der Waals surface area contributed by atoms with Gasteiger partial charge >= 0.3 is 0 Å². The van der Waals surface area contributed by atoms with Gasteiger partial charge in [0.25, 0.3) is 0 Å². The van der Waals surface area contributed by atoms with E-state index < -0.39 is 10.0 Å². The summed E-state index contributed by atoms with van der Waals surface area (Å²) in [6.45, 7) is 3.51. The fourth-order valence-corrected chi connectivity index (χ4v) is 5.16. The zero-order valence-electron chi connectivity index (χ0n) is 16.5. The van der Waals surface area contributed by atoms with Gasteiger partial charge in [0.1, 0.15) is 0 Å². The van der Waals surface area contributed by atoms with Crippen LogP contribution >= 0.6 is 12.4 Å². The molecule has 0 saturated carbocycles. The molecule has 1 aromatic rings. The molecule has 1 saturated heterocycles. The summed E-state index contributed by atoms with van der Waals surface area (Å²) in [6, 6.07) is 5.46. The molecule has 2 unspecified atom stereocenters. The predicted octanol–water partition coefficient (Wildman–Crippen LogP) is 2.24. The number of piperidine rings is 1. The van der Waals surface area contributed by atoms with Gasteiger partial charge < -0.3 is 10.6 Å². The van der Waals surface area contributed by atoms with Crippen LogP contribution in [0.3, 0.4) is 0 Å². The molecule has 3 rings (SSSR count). The average Bonchev–Trinajstić information content (AvgIpc) is 2.67. The fourth-order valence-electron chi connectivity index (χ4n) is 4.08. The molecule has 0 bridgehead atoms. The summed E-state index contributed by atoms with van der Waals surface area (Å²) in [7, 11) is -3.59. The van der Waals surface area contributed by atoms with Crippen molar-refractivity contribution in [3.05, 3.63) is 29.3 Å². The Morgan fingerprint density at radius 2 is 1.96 bits per heavy atom. The Morgan fingerprint density at radius 3 is 2.68 bits per heavy atom. The number of aryl methyl sites for hydroxylation is 2. The zero-order valence-corrected chi connectivity index (χ0v) is 18.2. The third-order valence-corrected chi connectivity index (χ3v) is 7.27. The third-order valence-electron chi connectivity index (χ3n) is 5.82. The van der Waals surface area contributed by atoms with Crippen molar-refractivity contribution in [2.45, 2.75) is 62.8 Å². The van der Waals surface area contributed by atoms with Gasteiger partial charge in [0.05, 0.1) is 4.90 Å². The van der Waals surface area contributed by atoms with Crippen molar-refractivity contribution in [1.29, 1.82) is 0 Å². The molecular formula is C20H32ClN3O3S. The van der Waals surface area contributed by atoms with Gasteiger partial charge in [-0.05, 0) is 74.6 Å². The number of nitrogens with two attached hydrogens (primary N) is 1. The van der Waals surface area contributed by atoms with Crippen LogP contribution in [0.15, 0.2) is 23.1 Å². The number of hydrogen-bond acceptors (Lipinski definition) is 4. The molecule has 1 aliphatic heterocycles. The number of carbonyl (C=O) groups excluding carboxylic acids is 1. The molecule has 0 radical (unpaired) electrons. The molecule has 3 N–H and O–H groups in total. The lowest BCUT2D eigenvalue weighted by Crippen LogP contribution is -2.45. The number of sulfonamides is 1. The van der Waals surface area contributed by atoms with E-state index in [4.69, 9.17) is 5.73 Å². The monoisotopic (exact) mass is 429 g/mol. The number of nitrogens with one attached hydrogen (secondary N) is 1. The molecular weight excluding hydrogens is 398 g/mol. The molecule has 158 valence electrons. The summed E-state index contributed by atoms with van der Waals surface area (Å²) in [5.41, 5.74) is 8.36. The van der Waals surface area contributed by atoms with E-state index in [0.29, 0.717) is 17.4 Å². The highest BCUT2D eigenvalue weighted by Crippen LogP contribution is 2.24. The maximum absolute atomic E-state index is 12.6. The summed E-state index contributed by atoms with van der Waals surface area (Å²) in [5.74, 6) is 0.323. The van der Waals surface area contributed by atoms with Crippen LogP contribution in [0.25, 0.3) is 0 Å². The first-order chi connectivity index (χ1) is 12.9. The summed E-state index contributed by atoms with van der Waals surface area (Å²) in [4.78, 5) is 14.6. The maximum atomic E-state index is 12.6. The van der Waals surface area contributed by atoms with Crippen molar-refractivity contribution >= 4 is 28.3 Å². The van der Waals surface area contributed by atoms with Gasteiger partial charge in [-0.25, -0.2) is 13.1 Å². The lowest BCUT2D eigenvalue weighted by Gasteiger charge is -2.34. The summed E-state index contributed by atoms with van der Waals surface area (Å²) < 4.78 is 27.7. The topological polar surface area (TPSA) is 92.5 Å². The Balaban J connectivity index is 0.00000280. The molecule has 1 aromatic carbocycles. The van der Waals surface area contributed by atoms with Gasteiger partial charge in [0, 0.05) is 32.1 Å². The first-order valence-electron chi connectivity index (χ1n) is 10.0. The highest BCUT2D eigenvalue weighted by molar-refractivity contribution is 7.89. The number of nitrogens with zero attached hydrogens (tertiary/aromatic N) is 1. The van der Waals surface area contributed by atoms with Gasteiger partial charge in [-0.3, -0.25) is 4.79 Å². The van der Waals surface area contributed by atoms with Crippen LogP contribution in [0.2, 0.25) is 0 Å². The van der Waals surface area contributed by atoms with Crippen molar-refractivity contribution in [3.63, 3.8) is 0 Å². The van der Waals surface area contributed by atoms with Crippen LogP contribution < -0.4 is 10.5 Å². The summed E-state index contributed by atoms with van der Waals surface area (Å²) >= 11 is 0. The van der Waals surface area contributed by atoms with Crippen LogP contribution in [0.5, 0.6) is 0 Å². The second kappa shape index (κ2) is 10.1. The largest absolute Gasteiger partial charge is 0.342 e. The molecule has 2 aliphatic rings. The normalized spacial score (nSPS) is 20.8. The van der Waals surface area contributed by atoms with Crippen LogP contribution in [0, 0.1) is 5.92 Å². The number of hydrogen-bond donors (Lipinski definition) is 2.